The largest absolute Gasteiger partial charge is 0.496 e. The third-order valence-electron chi connectivity index (χ3n) is 4.69. The molecule has 0 saturated heterocycles. The highest BCUT2D eigenvalue weighted by Gasteiger charge is 2.16. The summed E-state index contributed by atoms with van der Waals surface area (Å²) in [5.74, 6) is 1.35. The number of hydrogen-bond donors (Lipinski definition) is 0. The summed E-state index contributed by atoms with van der Waals surface area (Å²) in [6.07, 6.45) is 0. The second kappa shape index (κ2) is 8.11. The fourth-order valence-electron chi connectivity index (χ4n) is 3.13. The van der Waals surface area contributed by atoms with E-state index in [1.165, 1.54) is 9.36 Å². The van der Waals surface area contributed by atoms with E-state index in [1.807, 2.05) is 37.4 Å². The van der Waals surface area contributed by atoms with Crippen molar-refractivity contribution in [2.24, 2.45) is 7.05 Å². The van der Waals surface area contributed by atoms with Gasteiger partial charge in [0.25, 0.3) is 0 Å². The van der Waals surface area contributed by atoms with E-state index in [0.717, 1.165) is 27.6 Å². The lowest BCUT2D eigenvalue weighted by Gasteiger charge is -2.15. The average molecular weight is 423 g/mol. The number of benzene rings is 2. The molecule has 2 aromatic heterocycles. The molecule has 0 spiro atoms. The van der Waals surface area contributed by atoms with E-state index in [1.54, 1.807) is 37.6 Å². The Morgan fingerprint density at radius 1 is 1.10 bits per heavy atom. The van der Waals surface area contributed by atoms with Crippen molar-refractivity contribution >= 4 is 11.3 Å². The lowest BCUT2D eigenvalue weighted by atomic mass is 10.1. The standard InChI is InChI=1S/C21H21N5O3S/c1-13-10-15(20-22-14(2)12-30-20)8-9-18(13)29-11-16-17(6-5-7-19(16)28-4)26-21(27)25(3)23-24-26/h5-10,12H,11H2,1-4H3. The first-order chi connectivity index (χ1) is 14.5. The molecule has 4 aromatic rings. The summed E-state index contributed by atoms with van der Waals surface area (Å²) in [7, 11) is 3.13. The fraction of sp³-hybridized carbons (Fsp3) is 0.238. The van der Waals surface area contributed by atoms with Crippen LogP contribution in [0.25, 0.3) is 16.3 Å². The molecule has 0 aliphatic heterocycles. The summed E-state index contributed by atoms with van der Waals surface area (Å²) in [5.41, 5.74) is 4.00. The highest BCUT2D eigenvalue weighted by molar-refractivity contribution is 7.13. The molecule has 0 atom stereocenters. The molecule has 2 heterocycles. The molecule has 4 rings (SSSR count). The van der Waals surface area contributed by atoms with Gasteiger partial charge in [-0.15, -0.1) is 11.3 Å². The smallest absolute Gasteiger partial charge is 0.368 e. The molecular weight excluding hydrogens is 402 g/mol. The fourth-order valence-corrected chi connectivity index (χ4v) is 3.93. The van der Waals surface area contributed by atoms with Crippen LogP contribution in [0, 0.1) is 13.8 Å². The molecule has 0 saturated carbocycles. The van der Waals surface area contributed by atoms with Crippen LogP contribution in [0.4, 0.5) is 0 Å². The van der Waals surface area contributed by atoms with Gasteiger partial charge in [0, 0.05) is 23.7 Å². The van der Waals surface area contributed by atoms with Gasteiger partial charge in [0.1, 0.15) is 23.1 Å². The van der Waals surface area contributed by atoms with Gasteiger partial charge in [-0.1, -0.05) is 6.07 Å². The maximum atomic E-state index is 12.3. The molecule has 0 amide bonds. The predicted octanol–water partition coefficient (Wildman–Crippen LogP) is 3.29. The van der Waals surface area contributed by atoms with Crippen LogP contribution in [-0.4, -0.2) is 31.9 Å². The molecule has 2 aromatic carbocycles. The number of hydrogen-bond acceptors (Lipinski definition) is 7. The van der Waals surface area contributed by atoms with Gasteiger partial charge in [0.2, 0.25) is 0 Å². The number of tetrazole rings is 1. The maximum absolute atomic E-state index is 12.3. The number of methoxy groups -OCH3 is 1. The zero-order valence-electron chi connectivity index (χ0n) is 17.1. The minimum Gasteiger partial charge on any atom is -0.496 e. The van der Waals surface area contributed by atoms with Crippen LogP contribution in [0.2, 0.25) is 0 Å². The second-order valence-electron chi connectivity index (χ2n) is 6.82. The van der Waals surface area contributed by atoms with Gasteiger partial charge in [-0.05, 0) is 60.2 Å². The maximum Gasteiger partial charge on any atom is 0.368 e. The number of aromatic nitrogens is 5. The summed E-state index contributed by atoms with van der Waals surface area (Å²) >= 11 is 1.62. The van der Waals surface area contributed by atoms with Crippen molar-refractivity contribution < 1.29 is 9.47 Å². The molecular formula is C21H21N5O3S. The van der Waals surface area contributed by atoms with Crippen LogP contribution in [0.5, 0.6) is 11.5 Å². The minimum atomic E-state index is -0.344. The van der Waals surface area contributed by atoms with E-state index in [0.29, 0.717) is 17.0 Å². The molecule has 0 N–H and O–H groups in total. The van der Waals surface area contributed by atoms with Crippen molar-refractivity contribution in [1.29, 1.82) is 0 Å². The number of ether oxygens (including phenoxy) is 2. The van der Waals surface area contributed by atoms with Crippen molar-refractivity contribution in [3.63, 3.8) is 0 Å². The lowest BCUT2D eigenvalue weighted by molar-refractivity contribution is 0.294. The molecule has 0 radical (unpaired) electrons. The van der Waals surface area contributed by atoms with Crippen molar-refractivity contribution in [2.75, 3.05) is 7.11 Å². The van der Waals surface area contributed by atoms with E-state index in [4.69, 9.17) is 9.47 Å². The molecule has 0 aliphatic rings. The number of rotatable bonds is 6. The van der Waals surface area contributed by atoms with Crippen LogP contribution in [0.1, 0.15) is 16.8 Å². The minimum absolute atomic E-state index is 0.207. The molecule has 0 fully saturated rings. The number of aryl methyl sites for hydroxylation is 3. The van der Waals surface area contributed by atoms with Crippen molar-refractivity contribution in [3.8, 4) is 27.8 Å². The van der Waals surface area contributed by atoms with Crippen LogP contribution < -0.4 is 15.2 Å². The highest BCUT2D eigenvalue weighted by atomic mass is 32.1. The average Bonchev–Trinajstić information content (AvgIpc) is 3.32. The molecule has 9 heteroatoms. The Kier molecular flexibility index (Phi) is 5.37. The Hall–Kier alpha value is -3.46. The zero-order chi connectivity index (χ0) is 21.3. The van der Waals surface area contributed by atoms with Gasteiger partial charge in [0.15, 0.2) is 0 Å². The van der Waals surface area contributed by atoms with Gasteiger partial charge in [-0.3, -0.25) is 0 Å². The Bertz CT molecular complexity index is 1260. The normalized spacial score (nSPS) is 10.9. The lowest BCUT2D eigenvalue weighted by Crippen LogP contribution is -2.23. The first-order valence-corrected chi connectivity index (χ1v) is 10.2. The van der Waals surface area contributed by atoms with Gasteiger partial charge < -0.3 is 9.47 Å². The van der Waals surface area contributed by atoms with Gasteiger partial charge in [-0.25, -0.2) is 9.78 Å². The summed E-state index contributed by atoms with van der Waals surface area (Å²) in [5, 5.41) is 10.8. The van der Waals surface area contributed by atoms with Gasteiger partial charge in [0.05, 0.1) is 18.4 Å². The first kappa shape index (κ1) is 19.8. The zero-order valence-corrected chi connectivity index (χ0v) is 17.9. The molecule has 0 aliphatic carbocycles. The quantitative estimate of drug-likeness (QED) is 0.473. The Balaban J connectivity index is 1.64. The van der Waals surface area contributed by atoms with Gasteiger partial charge >= 0.3 is 5.69 Å². The highest BCUT2D eigenvalue weighted by Crippen LogP contribution is 2.30. The summed E-state index contributed by atoms with van der Waals surface area (Å²) < 4.78 is 14.0. The third kappa shape index (κ3) is 3.71. The first-order valence-electron chi connectivity index (χ1n) is 9.29. The van der Waals surface area contributed by atoms with E-state index >= 15 is 0 Å². The summed E-state index contributed by atoms with van der Waals surface area (Å²) in [6, 6.07) is 11.4. The molecule has 154 valence electrons. The molecule has 8 nitrogen and oxygen atoms in total. The molecule has 0 unspecified atom stereocenters. The van der Waals surface area contributed by atoms with Crippen molar-refractivity contribution in [2.45, 2.75) is 20.5 Å². The topological polar surface area (TPSA) is 84.1 Å². The monoisotopic (exact) mass is 423 g/mol. The number of nitrogens with zero attached hydrogens (tertiary/aromatic N) is 5. The van der Waals surface area contributed by atoms with Crippen LogP contribution >= 0.6 is 11.3 Å². The summed E-state index contributed by atoms with van der Waals surface area (Å²) in [6.45, 7) is 4.19. The van der Waals surface area contributed by atoms with E-state index in [9.17, 15) is 4.79 Å². The molecule has 0 bridgehead atoms. The van der Waals surface area contributed by atoms with Crippen molar-refractivity contribution in [1.82, 2.24) is 24.8 Å². The van der Waals surface area contributed by atoms with E-state index < -0.39 is 0 Å². The third-order valence-corrected chi connectivity index (χ3v) is 5.70. The second-order valence-corrected chi connectivity index (χ2v) is 7.68. The Morgan fingerprint density at radius 3 is 2.57 bits per heavy atom. The van der Waals surface area contributed by atoms with Gasteiger partial charge in [-0.2, -0.15) is 9.36 Å². The SMILES string of the molecule is COc1cccc(-n2nnn(C)c2=O)c1COc1ccc(-c2nc(C)cs2)cc1C. The van der Waals surface area contributed by atoms with Crippen LogP contribution in [0.3, 0.4) is 0 Å². The van der Waals surface area contributed by atoms with Crippen molar-refractivity contribution in [3.05, 3.63) is 69.1 Å². The molecule has 30 heavy (non-hydrogen) atoms. The summed E-state index contributed by atoms with van der Waals surface area (Å²) in [4.78, 5) is 16.9. The predicted molar refractivity (Wildman–Crippen MR) is 115 cm³/mol. The van der Waals surface area contributed by atoms with Crippen LogP contribution in [-0.2, 0) is 13.7 Å². The van der Waals surface area contributed by atoms with E-state index in [-0.39, 0.29) is 12.3 Å². The Labute approximate surface area is 177 Å². The number of thiazole rings is 1. The van der Waals surface area contributed by atoms with E-state index in [2.05, 4.69) is 21.5 Å². The van der Waals surface area contributed by atoms with Crippen LogP contribution in [0.15, 0.2) is 46.6 Å². The Morgan fingerprint density at radius 2 is 1.93 bits per heavy atom.